The van der Waals surface area contributed by atoms with Gasteiger partial charge in [0.15, 0.2) is 0 Å². The summed E-state index contributed by atoms with van der Waals surface area (Å²) >= 11 is 0. The second-order valence-electron chi connectivity index (χ2n) is 7.74. The Morgan fingerprint density at radius 3 is 2.27 bits per heavy atom. The van der Waals surface area contributed by atoms with Crippen LogP contribution in [0.15, 0.2) is 24.3 Å². The maximum Gasteiger partial charge on any atom is 0.230 e. The topological polar surface area (TPSA) is 40.6 Å². The van der Waals surface area contributed by atoms with Gasteiger partial charge in [0, 0.05) is 37.2 Å². The summed E-state index contributed by atoms with van der Waals surface area (Å²) in [6.45, 7) is 6.77. The number of fused-ring (bicyclic) bond motifs is 1. The number of rotatable bonds is 6. The molecule has 0 radical (unpaired) electrons. The third-order valence-electron chi connectivity index (χ3n) is 5.88. The second kappa shape index (κ2) is 8.70. The molecule has 1 fully saturated rings. The van der Waals surface area contributed by atoms with Gasteiger partial charge < -0.3 is 9.80 Å². The molecule has 1 aromatic carbocycles. The van der Waals surface area contributed by atoms with Gasteiger partial charge in [-0.05, 0) is 56.6 Å². The maximum absolute atomic E-state index is 13.0. The zero-order valence-corrected chi connectivity index (χ0v) is 16.2. The molecule has 0 saturated heterocycles. The molecular weight excluding hydrogens is 324 g/mol. The van der Waals surface area contributed by atoms with Gasteiger partial charge in [-0.15, -0.1) is 0 Å². The van der Waals surface area contributed by atoms with Crippen LogP contribution in [0.1, 0.15) is 57.9 Å². The molecule has 2 amide bonds. The summed E-state index contributed by atoms with van der Waals surface area (Å²) in [6.07, 6.45) is 6.38. The summed E-state index contributed by atoms with van der Waals surface area (Å²) in [5.74, 6) is 0.768. The fourth-order valence-electron chi connectivity index (χ4n) is 4.51. The van der Waals surface area contributed by atoms with Crippen molar-refractivity contribution in [2.75, 3.05) is 24.5 Å². The summed E-state index contributed by atoms with van der Waals surface area (Å²) < 4.78 is 0. The lowest BCUT2D eigenvalue weighted by Gasteiger charge is -2.33. The van der Waals surface area contributed by atoms with Gasteiger partial charge in [0.05, 0.1) is 0 Å². The van der Waals surface area contributed by atoms with E-state index in [2.05, 4.69) is 26.0 Å². The molecule has 3 rings (SSSR count). The molecule has 0 spiro atoms. The van der Waals surface area contributed by atoms with Gasteiger partial charge in [0.25, 0.3) is 0 Å². The lowest BCUT2D eigenvalue weighted by atomic mass is 9.80. The lowest BCUT2D eigenvalue weighted by molar-refractivity contribution is -0.138. The molecule has 1 saturated carbocycles. The van der Waals surface area contributed by atoms with E-state index in [9.17, 15) is 9.59 Å². The molecule has 0 atom stereocenters. The van der Waals surface area contributed by atoms with Crippen LogP contribution in [0.4, 0.5) is 5.69 Å². The minimum atomic E-state index is 0.0796. The van der Waals surface area contributed by atoms with Gasteiger partial charge >= 0.3 is 0 Å². The molecule has 1 aliphatic carbocycles. The molecule has 0 aromatic heterocycles. The molecule has 0 unspecified atom stereocenters. The van der Waals surface area contributed by atoms with Gasteiger partial charge in [0.2, 0.25) is 11.8 Å². The highest BCUT2D eigenvalue weighted by atomic mass is 16.2. The molecule has 0 N–H and O–H groups in total. The summed E-state index contributed by atoms with van der Waals surface area (Å²) in [4.78, 5) is 29.8. The van der Waals surface area contributed by atoms with Crippen molar-refractivity contribution in [3.05, 3.63) is 29.8 Å². The van der Waals surface area contributed by atoms with Crippen LogP contribution in [0, 0.1) is 11.8 Å². The quantitative estimate of drug-likeness (QED) is 0.772. The molecule has 4 nitrogen and oxygen atoms in total. The van der Waals surface area contributed by atoms with Crippen molar-refractivity contribution in [3.8, 4) is 0 Å². The molecule has 1 aromatic rings. The number of nitrogens with zero attached hydrogens (tertiary/aromatic N) is 2. The summed E-state index contributed by atoms with van der Waals surface area (Å²) in [6, 6.07) is 8.23. The molecule has 1 aliphatic heterocycles. The predicted molar refractivity (Wildman–Crippen MR) is 105 cm³/mol. The summed E-state index contributed by atoms with van der Waals surface area (Å²) in [5.41, 5.74) is 2.37. The monoisotopic (exact) mass is 356 g/mol. The van der Waals surface area contributed by atoms with Crippen LogP contribution < -0.4 is 4.90 Å². The van der Waals surface area contributed by atoms with E-state index in [1.54, 1.807) is 0 Å². The van der Waals surface area contributed by atoms with Gasteiger partial charge in [-0.25, -0.2) is 0 Å². The van der Waals surface area contributed by atoms with Crippen LogP contribution in [0.3, 0.4) is 0 Å². The average Bonchev–Trinajstić information content (AvgIpc) is 3.11. The normalized spacial score (nSPS) is 22.2. The summed E-state index contributed by atoms with van der Waals surface area (Å²) in [7, 11) is 0. The van der Waals surface area contributed by atoms with Gasteiger partial charge in [-0.1, -0.05) is 32.0 Å². The van der Waals surface area contributed by atoms with Crippen molar-refractivity contribution in [2.24, 2.45) is 11.8 Å². The first-order valence-electron chi connectivity index (χ1n) is 10.3. The lowest BCUT2D eigenvalue weighted by Crippen LogP contribution is -2.41. The maximum atomic E-state index is 13.0. The van der Waals surface area contributed by atoms with Crippen molar-refractivity contribution < 1.29 is 9.59 Å². The first-order valence-corrected chi connectivity index (χ1v) is 10.3. The molecule has 142 valence electrons. The van der Waals surface area contributed by atoms with Crippen LogP contribution in [0.25, 0.3) is 0 Å². The number of hydrogen-bond donors (Lipinski definition) is 0. The molecular formula is C22H32N2O2. The highest BCUT2D eigenvalue weighted by Gasteiger charge is 2.35. The van der Waals surface area contributed by atoms with E-state index in [-0.39, 0.29) is 17.7 Å². The zero-order chi connectivity index (χ0) is 18.5. The smallest absolute Gasteiger partial charge is 0.230 e. The fourth-order valence-corrected chi connectivity index (χ4v) is 4.51. The van der Waals surface area contributed by atoms with E-state index in [1.807, 2.05) is 21.9 Å². The highest BCUT2D eigenvalue weighted by Crippen LogP contribution is 2.35. The van der Waals surface area contributed by atoms with Crippen LogP contribution in [-0.4, -0.2) is 36.3 Å². The number of carbonyl (C=O) groups is 2. The van der Waals surface area contributed by atoms with Gasteiger partial charge in [0.1, 0.15) is 0 Å². The van der Waals surface area contributed by atoms with E-state index < -0.39 is 0 Å². The standard InChI is InChI=1S/C22H32N2O2/c1-3-14-23(15-4-2)21(25)18-9-11-19(12-10-18)22(26)24-16-13-17-7-5-6-8-20(17)24/h5-8,18-19H,3-4,9-16H2,1-2H3. The van der Waals surface area contributed by atoms with E-state index in [0.29, 0.717) is 5.91 Å². The van der Waals surface area contributed by atoms with Gasteiger partial charge in [-0.3, -0.25) is 9.59 Å². The zero-order valence-electron chi connectivity index (χ0n) is 16.2. The van der Waals surface area contributed by atoms with Crippen LogP contribution >= 0.6 is 0 Å². The fraction of sp³-hybridized carbons (Fsp3) is 0.636. The second-order valence-corrected chi connectivity index (χ2v) is 7.74. The van der Waals surface area contributed by atoms with Crippen LogP contribution in [0.5, 0.6) is 0 Å². The number of anilines is 1. The first kappa shape index (κ1) is 18.9. The van der Waals surface area contributed by atoms with Gasteiger partial charge in [-0.2, -0.15) is 0 Å². The van der Waals surface area contributed by atoms with E-state index in [0.717, 1.165) is 70.3 Å². The van der Waals surface area contributed by atoms with E-state index in [1.165, 1.54) is 5.56 Å². The van der Waals surface area contributed by atoms with Crippen molar-refractivity contribution >= 4 is 17.5 Å². The molecule has 4 heteroatoms. The molecule has 2 aliphatic rings. The van der Waals surface area contributed by atoms with Crippen molar-refractivity contribution in [1.82, 2.24) is 4.90 Å². The Balaban J connectivity index is 1.57. The van der Waals surface area contributed by atoms with Crippen LogP contribution in [-0.2, 0) is 16.0 Å². The van der Waals surface area contributed by atoms with E-state index >= 15 is 0 Å². The Morgan fingerprint density at radius 2 is 1.62 bits per heavy atom. The predicted octanol–water partition coefficient (Wildman–Crippen LogP) is 4.03. The largest absolute Gasteiger partial charge is 0.342 e. The number of para-hydroxylation sites is 1. The van der Waals surface area contributed by atoms with Crippen molar-refractivity contribution in [2.45, 2.75) is 58.8 Å². The number of carbonyl (C=O) groups excluding carboxylic acids is 2. The Bertz CT molecular complexity index is 629. The minimum absolute atomic E-state index is 0.0796. The Kier molecular flexibility index (Phi) is 6.33. The first-order chi connectivity index (χ1) is 12.7. The third kappa shape index (κ3) is 3.94. The van der Waals surface area contributed by atoms with Crippen molar-refractivity contribution in [1.29, 1.82) is 0 Å². The Morgan fingerprint density at radius 1 is 1.00 bits per heavy atom. The highest BCUT2D eigenvalue weighted by molar-refractivity contribution is 5.97. The summed E-state index contributed by atoms with van der Waals surface area (Å²) in [5, 5.41) is 0. The number of hydrogen-bond acceptors (Lipinski definition) is 2. The third-order valence-corrected chi connectivity index (χ3v) is 5.88. The molecule has 0 bridgehead atoms. The molecule has 1 heterocycles. The SMILES string of the molecule is CCCN(CCC)C(=O)C1CCC(C(=O)N2CCc3ccccc32)CC1. The number of benzene rings is 1. The van der Waals surface area contributed by atoms with Crippen molar-refractivity contribution in [3.63, 3.8) is 0 Å². The van der Waals surface area contributed by atoms with E-state index in [4.69, 9.17) is 0 Å². The Hall–Kier alpha value is -1.84. The number of amides is 2. The van der Waals surface area contributed by atoms with Crippen LogP contribution in [0.2, 0.25) is 0 Å². The average molecular weight is 357 g/mol. The Labute approximate surface area is 157 Å². The minimum Gasteiger partial charge on any atom is -0.342 e. The molecule has 26 heavy (non-hydrogen) atoms.